The van der Waals surface area contributed by atoms with Crippen LogP contribution in [0.25, 0.3) is 0 Å². The maximum absolute atomic E-state index is 11.4. The molecule has 5 nitrogen and oxygen atoms in total. The number of aliphatic hydroxyl groups is 1. The molecule has 1 spiro atoms. The molecule has 5 fully saturated rings. The summed E-state index contributed by atoms with van der Waals surface area (Å²) in [6.45, 7) is 36.6. The van der Waals surface area contributed by atoms with Crippen molar-refractivity contribution in [1.29, 1.82) is 0 Å². The number of rotatable bonds is 7. The Balaban J connectivity index is 1.36. The van der Waals surface area contributed by atoms with E-state index in [9.17, 15) is 5.11 Å². The van der Waals surface area contributed by atoms with Crippen LogP contribution >= 0.6 is 0 Å². The summed E-state index contributed by atoms with van der Waals surface area (Å²) >= 11 is 0. The molecule has 4 saturated carbocycles. The number of hydrogen-bond acceptors (Lipinski definition) is 5. The lowest BCUT2D eigenvalue weighted by Crippen LogP contribution is -2.49. The average molecular weight is 727 g/mol. The maximum Gasteiger partial charge on any atom is 0.198 e. The van der Waals surface area contributed by atoms with E-state index in [1.165, 1.54) is 37.7 Å². The second-order valence-corrected chi connectivity index (χ2v) is 29.9. The summed E-state index contributed by atoms with van der Waals surface area (Å²) in [6, 6.07) is 0. The quantitative estimate of drug-likeness (QED) is 0.209. The Bertz CT molecular complexity index is 1340. The van der Waals surface area contributed by atoms with Gasteiger partial charge in [0.15, 0.2) is 22.4 Å². The van der Waals surface area contributed by atoms with Gasteiger partial charge in [0.2, 0.25) is 0 Å². The van der Waals surface area contributed by atoms with Gasteiger partial charge in [-0.3, -0.25) is 0 Å². The van der Waals surface area contributed by atoms with Crippen LogP contribution in [0.3, 0.4) is 0 Å². The minimum absolute atomic E-state index is 0.00307. The Hall–Kier alpha value is -0.806. The van der Waals surface area contributed by atoms with Gasteiger partial charge in [-0.2, -0.15) is 0 Å². The van der Waals surface area contributed by atoms with Crippen molar-refractivity contribution in [3.8, 4) is 0 Å². The van der Waals surface area contributed by atoms with Crippen molar-refractivity contribution >= 4 is 16.6 Å². The predicted octanol–water partition coefficient (Wildman–Crippen LogP) is 11.3. The second kappa shape index (κ2) is 14.4. The van der Waals surface area contributed by atoms with E-state index in [1.807, 2.05) is 0 Å². The average Bonchev–Trinajstić information content (AvgIpc) is 3.50. The molecule has 2 unspecified atom stereocenters. The molecule has 5 aliphatic rings. The summed E-state index contributed by atoms with van der Waals surface area (Å²) in [5, 5.41) is 11.7. The SMILES string of the molecule is C=C1/C(=C\C=C2/CCC[C@@]3(C)C2CC[C@@H]3[C@@H](C)/C=C2\CCC3(OCC(C)CO3)C2O)C[C@@H](O[Si](C)(C)C(C)(C)C)C[C@@H]1O[Si](C)(C)C(C)(C)C. The predicted molar refractivity (Wildman–Crippen MR) is 213 cm³/mol. The van der Waals surface area contributed by atoms with Gasteiger partial charge < -0.3 is 23.4 Å². The Morgan fingerprint density at radius 2 is 1.52 bits per heavy atom. The monoisotopic (exact) mass is 727 g/mol. The van der Waals surface area contributed by atoms with Gasteiger partial charge >= 0.3 is 0 Å². The van der Waals surface area contributed by atoms with Crippen LogP contribution in [0.1, 0.15) is 120 Å². The number of fused-ring (bicyclic) bond motifs is 1. The molecule has 4 aliphatic carbocycles. The second-order valence-electron chi connectivity index (χ2n) is 20.4. The minimum Gasteiger partial charge on any atom is -0.413 e. The molecule has 7 atom stereocenters. The minimum atomic E-state index is -2.00. The molecule has 7 heteroatoms. The highest BCUT2D eigenvalue weighted by atomic mass is 28.4. The highest BCUT2D eigenvalue weighted by Crippen LogP contribution is 2.60. The lowest BCUT2D eigenvalue weighted by molar-refractivity contribution is -0.304. The van der Waals surface area contributed by atoms with Crippen molar-refractivity contribution in [2.75, 3.05) is 13.2 Å². The van der Waals surface area contributed by atoms with Crippen molar-refractivity contribution < 1.29 is 23.4 Å². The lowest BCUT2D eigenvalue weighted by Gasteiger charge is -2.45. The molecule has 1 heterocycles. The molecule has 1 aliphatic heterocycles. The van der Waals surface area contributed by atoms with E-state index < -0.39 is 28.5 Å². The molecule has 0 amide bonds. The normalized spacial score (nSPS) is 39.2. The topological polar surface area (TPSA) is 57.2 Å². The van der Waals surface area contributed by atoms with E-state index in [4.69, 9.17) is 24.9 Å². The van der Waals surface area contributed by atoms with Gasteiger partial charge in [0.25, 0.3) is 0 Å². The molecule has 0 aromatic carbocycles. The van der Waals surface area contributed by atoms with E-state index in [0.717, 1.165) is 36.8 Å². The molecular weight excluding hydrogens is 653 g/mol. The fraction of sp³-hybridized carbons (Fsp3) is 0.814. The van der Waals surface area contributed by atoms with Crippen LogP contribution in [0.4, 0.5) is 0 Å². The lowest BCUT2D eigenvalue weighted by atomic mass is 9.61. The first-order valence-corrected chi connectivity index (χ1v) is 25.9. The standard InChI is InChI=1S/C43H74O5Si2/c1-29-27-45-43(46-28-29)23-21-34(39(43)44)24-30(2)36-19-20-37-32(16-15-22-42(36,37)10)17-18-33-25-35(47-49(11,12)40(4,5)6)26-38(31(33)3)48-50(13,14)41(7,8)9/h17-18,24,29-30,35-39,44H,3,15-16,19-23,25-28H2,1-2,4-14H3/b32-17+,33-18-,34-24+/t29?,30-,35+,36+,37?,38-,39?,42+,43?/m0/s1. The van der Waals surface area contributed by atoms with E-state index >= 15 is 0 Å². The first-order chi connectivity index (χ1) is 23.0. The fourth-order valence-corrected chi connectivity index (χ4v) is 12.0. The summed E-state index contributed by atoms with van der Waals surface area (Å²) in [4.78, 5) is 0. The van der Waals surface area contributed by atoms with Crippen LogP contribution in [-0.4, -0.2) is 59.1 Å². The van der Waals surface area contributed by atoms with E-state index in [2.05, 4.69) is 107 Å². The largest absolute Gasteiger partial charge is 0.413 e. The third-order valence-corrected chi connectivity index (χ3v) is 23.7. The van der Waals surface area contributed by atoms with Gasteiger partial charge in [0.1, 0.15) is 6.10 Å². The van der Waals surface area contributed by atoms with Gasteiger partial charge in [-0.05, 0) is 121 Å². The van der Waals surface area contributed by atoms with Crippen molar-refractivity contribution in [3.63, 3.8) is 0 Å². The summed E-state index contributed by atoms with van der Waals surface area (Å²) in [5.41, 5.74) is 5.49. The highest BCUT2D eigenvalue weighted by molar-refractivity contribution is 6.74. The molecule has 5 rings (SSSR count). The van der Waals surface area contributed by atoms with Gasteiger partial charge in [0.05, 0.1) is 25.4 Å². The Morgan fingerprint density at radius 1 is 0.900 bits per heavy atom. The fourth-order valence-electron chi connectivity index (χ4n) is 9.37. The van der Waals surface area contributed by atoms with Crippen LogP contribution in [0.15, 0.2) is 47.1 Å². The summed E-state index contributed by atoms with van der Waals surface area (Å²) in [7, 11) is -3.96. The molecule has 1 saturated heterocycles. The summed E-state index contributed by atoms with van der Waals surface area (Å²) in [6.07, 6.45) is 16.4. The van der Waals surface area contributed by atoms with Gasteiger partial charge in [-0.25, -0.2) is 0 Å². The van der Waals surface area contributed by atoms with Crippen molar-refractivity contribution in [1.82, 2.24) is 0 Å². The van der Waals surface area contributed by atoms with Crippen LogP contribution in [0, 0.1) is 29.1 Å². The van der Waals surface area contributed by atoms with Crippen LogP contribution in [0.5, 0.6) is 0 Å². The number of allylic oxidation sites excluding steroid dienone is 4. The molecule has 0 aromatic rings. The smallest absolute Gasteiger partial charge is 0.198 e. The first kappa shape index (κ1) is 40.4. The molecule has 1 N–H and O–H groups in total. The van der Waals surface area contributed by atoms with E-state index in [1.54, 1.807) is 5.57 Å². The van der Waals surface area contributed by atoms with Gasteiger partial charge in [-0.1, -0.05) is 92.7 Å². The van der Waals surface area contributed by atoms with Crippen molar-refractivity contribution in [2.45, 2.75) is 180 Å². The number of aliphatic hydroxyl groups excluding tert-OH is 1. The van der Waals surface area contributed by atoms with Crippen LogP contribution in [-0.2, 0) is 18.3 Å². The summed E-state index contributed by atoms with van der Waals surface area (Å²) in [5.74, 6) is 1.15. The Kier molecular flexibility index (Phi) is 11.7. The number of hydrogen-bond donors (Lipinski definition) is 1. The van der Waals surface area contributed by atoms with Crippen molar-refractivity contribution in [2.24, 2.45) is 29.1 Å². The molecule has 0 radical (unpaired) electrons. The van der Waals surface area contributed by atoms with Crippen LogP contribution in [0.2, 0.25) is 36.3 Å². The first-order valence-electron chi connectivity index (χ1n) is 20.1. The molecule has 284 valence electrons. The summed E-state index contributed by atoms with van der Waals surface area (Å²) < 4.78 is 26.5. The molecule has 50 heavy (non-hydrogen) atoms. The zero-order chi connectivity index (χ0) is 37.1. The van der Waals surface area contributed by atoms with Crippen molar-refractivity contribution in [3.05, 3.63) is 47.1 Å². The third-order valence-electron chi connectivity index (χ3n) is 14.6. The number of ether oxygens (including phenoxy) is 2. The maximum atomic E-state index is 11.4. The molecule has 0 aromatic heterocycles. The van der Waals surface area contributed by atoms with E-state index in [-0.39, 0.29) is 27.7 Å². The highest BCUT2D eigenvalue weighted by Gasteiger charge is 2.53. The van der Waals surface area contributed by atoms with Gasteiger partial charge in [0, 0.05) is 18.8 Å². The Labute approximate surface area is 309 Å². The Morgan fingerprint density at radius 3 is 2.14 bits per heavy atom. The zero-order valence-corrected chi connectivity index (χ0v) is 36.3. The van der Waals surface area contributed by atoms with Crippen LogP contribution < -0.4 is 0 Å². The third kappa shape index (κ3) is 8.00. The molecule has 0 bridgehead atoms. The zero-order valence-electron chi connectivity index (χ0n) is 34.3. The molecular formula is C43H74O5Si2. The van der Waals surface area contributed by atoms with Gasteiger partial charge in [-0.15, -0.1) is 0 Å². The van der Waals surface area contributed by atoms with E-state index in [0.29, 0.717) is 36.9 Å².